The highest BCUT2D eigenvalue weighted by Gasteiger charge is 2.13. The van der Waals surface area contributed by atoms with E-state index in [4.69, 9.17) is 13.9 Å². The van der Waals surface area contributed by atoms with Crippen molar-refractivity contribution in [1.82, 2.24) is 5.32 Å². The van der Waals surface area contributed by atoms with Gasteiger partial charge in [0.25, 0.3) is 5.91 Å². The molecule has 29 heavy (non-hydrogen) atoms. The smallest absolute Gasteiger partial charge is 0.287 e. The molecule has 3 rings (SSSR count). The number of hydrogen-bond acceptors (Lipinski definition) is 5. The zero-order valence-electron chi connectivity index (χ0n) is 15.6. The Labute approximate surface area is 176 Å². The van der Waals surface area contributed by atoms with Crippen LogP contribution in [-0.2, 0) is 4.79 Å². The van der Waals surface area contributed by atoms with Crippen molar-refractivity contribution >= 4 is 33.4 Å². The van der Waals surface area contributed by atoms with Gasteiger partial charge in [-0.2, -0.15) is 0 Å². The molecule has 1 heterocycles. The van der Waals surface area contributed by atoms with Gasteiger partial charge in [0.15, 0.2) is 16.2 Å². The van der Waals surface area contributed by atoms with E-state index < -0.39 is 11.8 Å². The molecule has 2 amide bonds. The van der Waals surface area contributed by atoms with Crippen molar-refractivity contribution in [2.45, 2.75) is 6.92 Å². The van der Waals surface area contributed by atoms with E-state index in [1.54, 1.807) is 42.5 Å². The maximum Gasteiger partial charge on any atom is 0.287 e. The fourth-order valence-electron chi connectivity index (χ4n) is 2.43. The summed E-state index contributed by atoms with van der Waals surface area (Å²) in [5.74, 6) is 1.07. The molecule has 0 saturated heterocycles. The molecule has 7 nitrogen and oxygen atoms in total. The third kappa shape index (κ3) is 5.86. The second-order valence-corrected chi connectivity index (χ2v) is 6.62. The Morgan fingerprint density at radius 3 is 2.41 bits per heavy atom. The minimum absolute atomic E-state index is 0.115. The molecule has 0 bridgehead atoms. The molecule has 0 saturated carbocycles. The Kier molecular flexibility index (Phi) is 6.91. The monoisotopic (exact) mass is 458 g/mol. The Bertz CT molecular complexity index is 985. The van der Waals surface area contributed by atoms with Gasteiger partial charge in [-0.25, -0.2) is 0 Å². The summed E-state index contributed by atoms with van der Waals surface area (Å²) in [6.45, 7) is 2.29. The molecule has 2 aromatic carbocycles. The normalized spacial score (nSPS) is 10.3. The van der Waals surface area contributed by atoms with E-state index in [0.29, 0.717) is 28.5 Å². The quantitative estimate of drug-likeness (QED) is 0.514. The number of carbonyl (C=O) groups is 2. The first-order valence-electron chi connectivity index (χ1n) is 8.88. The number of nitrogens with one attached hydrogen (secondary N) is 2. The van der Waals surface area contributed by atoms with Gasteiger partial charge in [-0.1, -0.05) is 12.1 Å². The molecule has 2 N–H and O–H groups in total. The molecule has 0 aliphatic carbocycles. The number of furan rings is 1. The van der Waals surface area contributed by atoms with Crippen molar-refractivity contribution < 1.29 is 23.5 Å². The molecule has 0 fully saturated rings. The van der Waals surface area contributed by atoms with Crippen molar-refractivity contribution in [1.29, 1.82) is 0 Å². The van der Waals surface area contributed by atoms with Crippen molar-refractivity contribution in [3.63, 3.8) is 0 Å². The molecule has 0 aliphatic heterocycles. The molecule has 0 aliphatic rings. The van der Waals surface area contributed by atoms with E-state index in [2.05, 4.69) is 26.6 Å². The first-order valence-corrected chi connectivity index (χ1v) is 9.67. The molecule has 3 aromatic rings. The highest BCUT2D eigenvalue weighted by Crippen LogP contribution is 2.30. The van der Waals surface area contributed by atoms with Crippen molar-refractivity contribution in [2.24, 2.45) is 0 Å². The lowest BCUT2D eigenvalue weighted by Crippen LogP contribution is -2.32. The van der Waals surface area contributed by atoms with Crippen LogP contribution in [0, 0.1) is 0 Å². The molecule has 150 valence electrons. The molecule has 0 radical (unpaired) electrons. The predicted molar refractivity (Wildman–Crippen MR) is 111 cm³/mol. The van der Waals surface area contributed by atoms with Crippen LogP contribution in [0.2, 0.25) is 0 Å². The fourth-order valence-corrected chi connectivity index (χ4v) is 2.74. The maximum absolute atomic E-state index is 12.2. The van der Waals surface area contributed by atoms with Crippen LogP contribution in [0.3, 0.4) is 0 Å². The van der Waals surface area contributed by atoms with Crippen LogP contribution in [0.1, 0.15) is 17.5 Å². The Morgan fingerprint density at radius 1 is 1.00 bits per heavy atom. The van der Waals surface area contributed by atoms with Crippen LogP contribution >= 0.6 is 15.9 Å². The van der Waals surface area contributed by atoms with Crippen LogP contribution in [0.4, 0.5) is 5.69 Å². The van der Waals surface area contributed by atoms with Crippen LogP contribution < -0.4 is 20.1 Å². The van der Waals surface area contributed by atoms with Crippen LogP contribution in [0.25, 0.3) is 0 Å². The van der Waals surface area contributed by atoms with E-state index in [9.17, 15) is 9.59 Å². The third-order valence-corrected chi connectivity index (χ3v) is 4.16. The van der Waals surface area contributed by atoms with E-state index in [-0.39, 0.29) is 12.3 Å². The molecule has 0 unspecified atom stereocenters. The Morgan fingerprint density at radius 2 is 1.72 bits per heavy atom. The molecular formula is C21H19BrN2O5. The molecule has 0 spiro atoms. The summed E-state index contributed by atoms with van der Waals surface area (Å²) < 4.78 is 16.9. The van der Waals surface area contributed by atoms with Gasteiger partial charge in [0.2, 0.25) is 5.91 Å². The lowest BCUT2D eigenvalue weighted by molar-refractivity contribution is -0.115. The van der Waals surface area contributed by atoms with Gasteiger partial charge in [-0.05, 0) is 71.4 Å². The van der Waals surface area contributed by atoms with Gasteiger partial charge >= 0.3 is 0 Å². The number of amides is 2. The van der Waals surface area contributed by atoms with Crippen molar-refractivity contribution in [3.05, 3.63) is 71.1 Å². The standard InChI is InChI=1S/C21H19BrN2O5/c1-2-27-14-7-9-15(10-8-14)28-17-6-4-3-5-16(17)24-20(25)13-23-21(26)18-11-12-19(22)29-18/h3-12H,2,13H2,1H3,(H,23,26)(H,24,25). The van der Waals surface area contributed by atoms with Gasteiger partial charge < -0.3 is 24.5 Å². The first-order chi connectivity index (χ1) is 14.0. The summed E-state index contributed by atoms with van der Waals surface area (Å²) >= 11 is 3.12. The highest BCUT2D eigenvalue weighted by atomic mass is 79.9. The second kappa shape index (κ2) is 9.79. The fraction of sp³-hybridized carbons (Fsp3) is 0.143. The highest BCUT2D eigenvalue weighted by molar-refractivity contribution is 9.10. The summed E-state index contributed by atoms with van der Waals surface area (Å²) in [5, 5.41) is 5.23. The SMILES string of the molecule is CCOc1ccc(Oc2ccccc2NC(=O)CNC(=O)c2ccc(Br)o2)cc1. The van der Waals surface area contributed by atoms with Crippen LogP contribution in [-0.4, -0.2) is 25.0 Å². The summed E-state index contributed by atoms with van der Waals surface area (Å²) in [5.41, 5.74) is 0.487. The molecule has 1 aromatic heterocycles. The summed E-state index contributed by atoms with van der Waals surface area (Å²) in [4.78, 5) is 24.2. The average molecular weight is 459 g/mol. The maximum atomic E-state index is 12.2. The number of rotatable bonds is 8. The van der Waals surface area contributed by atoms with Gasteiger partial charge in [-0.3, -0.25) is 9.59 Å². The zero-order valence-corrected chi connectivity index (χ0v) is 17.2. The average Bonchev–Trinajstić information content (AvgIpc) is 3.16. The number of anilines is 1. The number of benzene rings is 2. The van der Waals surface area contributed by atoms with Gasteiger partial charge in [-0.15, -0.1) is 0 Å². The van der Waals surface area contributed by atoms with Crippen LogP contribution in [0.5, 0.6) is 17.2 Å². The van der Waals surface area contributed by atoms with Gasteiger partial charge in [0, 0.05) is 0 Å². The molecule has 0 atom stereocenters. The second-order valence-electron chi connectivity index (χ2n) is 5.84. The van der Waals surface area contributed by atoms with E-state index in [1.807, 2.05) is 19.1 Å². The Hall–Kier alpha value is -3.26. The van der Waals surface area contributed by atoms with Crippen LogP contribution in [0.15, 0.2) is 69.8 Å². The van der Waals surface area contributed by atoms with E-state index in [0.717, 1.165) is 5.75 Å². The number of hydrogen-bond donors (Lipinski definition) is 2. The molecular weight excluding hydrogens is 440 g/mol. The number of para-hydroxylation sites is 2. The summed E-state index contributed by atoms with van der Waals surface area (Å²) in [6, 6.07) is 17.3. The van der Waals surface area contributed by atoms with Crippen molar-refractivity contribution in [3.8, 4) is 17.2 Å². The van der Waals surface area contributed by atoms with E-state index in [1.165, 1.54) is 6.07 Å². The minimum atomic E-state index is -0.482. The Balaban J connectivity index is 1.59. The number of halogens is 1. The zero-order chi connectivity index (χ0) is 20.6. The lowest BCUT2D eigenvalue weighted by Gasteiger charge is -2.13. The topological polar surface area (TPSA) is 89.8 Å². The first kappa shape index (κ1) is 20.5. The van der Waals surface area contributed by atoms with Crippen molar-refractivity contribution in [2.75, 3.05) is 18.5 Å². The summed E-state index contributed by atoms with van der Waals surface area (Å²) in [6.07, 6.45) is 0. The minimum Gasteiger partial charge on any atom is -0.494 e. The predicted octanol–water partition coefficient (Wildman–Crippen LogP) is 4.60. The van der Waals surface area contributed by atoms with Gasteiger partial charge in [0.05, 0.1) is 18.8 Å². The van der Waals surface area contributed by atoms with Gasteiger partial charge in [0.1, 0.15) is 11.5 Å². The summed E-state index contributed by atoms with van der Waals surface area (Å²) in [7, 11) is 0. The third-order valence-electron chi connectivity index (χ3n) is 3.73. The lowest BCUT2D eigenvalue weighted by atomic mass is 10.2. The molecule has 8 heteroatoms. The number of ether oxygens (including phenoxy) is 2. The van der Waals surface area contributed by atoms with E-state index >= 15 is 0 Å². The number of carbonyl (C=O) groups excluding carboxylic acids is 2. The largest absolute Gasteiger partial charge is 0.494 e.